The highest BCUT2D eigenvalue weighted by Gasteiger charge is 2.31. The third-order valence-electron chi connectivity index (χ3n) is 16.9. The van der Waals surface area contributed by atoms with Crippen molar-refractivity contribution >= 4 is 49.4 Å². The van der Waals surface area contributed by atoms with Crippen molar-refractivity contribution in [2.45, 2.75) is 5.92 Å². The van der Waals surface area contributed by atoms with Gasteiger partial charge >= 0.3 is 0 Å². The van der Waals surface area contributed by atoms with Gasteiger partial charge in [0, 0.05) is 28.1 Å². The minimum absolute atomic E-state index is 0.0298. The van der Waals surface area contributed by atoms with E-state index in [2.05, 4.69) is 0 Å². The molecule has 0 aliphatic carbocycles. The molecule has 0 fully saturated rings. The molecule has 0 aliphatic heterocycles. The number of nitrogens with zero attached hydrogens (tertiary/aromatic N) is 1. The summed E-state index contributed by atoms with van der Waals surface area (Å²) in [7, 11) is 0. The molecule has 0 heterocycles. The second-order valence-electron chi connectivity index (χ2n) is 22.3. The SMILES string of the molecule is [2H]c1c([2H])c([2H])c(-c2cc(-c3c([2H])c([2H])c([2H])c([2H])c3[2H])cc(C(c3c(F)cc(-c4ccccc4)cc3-c3ccccc3)c3ccc4ccc5c(N(c6cc(-c7c([2H])c([2H])c([2H])c([2H])c7[2H])cc(-c7c([2H])c([2H])c([2H])c([2H])c7[2H])c6)c6c(F)cc(-c7ccccc7)cc6-c6ccccc6)ccc6ccc3c4c65)c2)c([2H])c1[2H]. The van der Waals surface area contributed by atoms with Crippen LogP contribution in [0.2, 0.25) is 0 Å². The Morgan fingerprint density at radius 3 is 1.16 bits per heavy atom. The van der Waals surface area contributed by atoms with Gasteiger partial charge in [-0.25, -0.2) is 8.78 Å². The van der Waals surface area contributed by atoms with Gasteiger partial charge in [0.15, 0.2) is 0 Å². The number of hydrogen-bond donors (Lipinski definition) is 0. The summed E-state index contributed by atoms with van der Waals surface area (Å²) < 4.78 is 219. The van der Waals surface area contributed by atoms with E-state index in [1.165, 1.54) is 36.4 Å². The van der Waals surface area contributed by atoms with E-state index < -0.39 is 138 Å². The van der Waals surface area contributed by atoms with Gasteiger partial charge in [-0.2, -0.15) is 0 Å². The zero-order chi connectivity index (χ0) is 78.9. The van der Waals surface area contributed by atoms with E-state index in [-0.39, 0.29) is 72.7 Å². The van der Waals surface area contributed by atoms with Crippen LogP contribution in [0, 0.1) is 11.6 Å². The first kappa shape index (κ1) is 37.9. The van der Waals surface area contributed by atoms with Crippen molar-refractivity contribution in [3.05, 3.63) is 380 Å². The van der Waals surface area contributed by atoms with Crippen molar-refractivity contribution in [1.82, 2.24) is 0 Å². The van der Waals surface area contributed by atoms with Gasteiger partial charge in [-0.15, -0.1) is 0 Å². The molecule has 16 aromatic carbocycles. The van der Waals surface area contributed by atoms with Crippen LogP contribution in [0.1, 0.15) is 50.0 Å². The highest BCUT2D eigenvalue weighted by Crippen LogP contribution is 2.52. The number of anilines is 3. The molecule has 1 unspecified atom stereocenters. The van der Waals surface area contributed by atoms with Crippen molar-refractivity contribution in [2.24, 2.45) is 0 Å². The van der Waals surface area contributed by atoms with Gasteiger partial charge in [0.2, 0.25) is 0 Å². The predicted octanol–water partition coefficient (Wildman–Crippen LogP) is 24.8. The first-order chi connectivity index (χ1) is 53.7. The summed E-state index contributed by atoms with van der Waals surface area (Å²) in [5.74, 6) is -2.82. The largest absolute Gasteiger partial charge is 0.306 e. The molecule has 0 aliphatic rings. The molecule has 92 heavy (non-hydrogen) atoms. The van der Waals surface area contributed by atoms with Crippen LogP contribution in [0.3, 0.4) is 0 Å². The van der Waals surface area contributed by atoms with Gasteiger partial charge in [-0.3, -0.25) is 0 Å². The average molecular weight is 1200 g/mol. The first-order valence-corrected chi connectivity index (χ1v) is 29.7. The predicted molar refractivity (Wildman–Crippen MR) is 382 cm³/mol. The molecule has 0 N–H and O–H groups in total. The summed E-state index contributed by atoms with van der Waals surface area (Å²) >= 11 is 0. The second kappa shape index (κ2) is 24.0. The molecule has 0 amide bonds. The zero-order valence-corrected chi connectivity index (χ0v) is 48.7. The van der Waals surface area contributed by atoms with Crippen LogP contribution < -0.4 is 4.90 Å². The molecule has 0 aromatic heterocycles. The Morgan fingerprint density at radius 2 is 0.674 bits per heavy atom. The van der Waals surface area contributed by atoms with Gasteiger partial charge in [0.1, 0.15) is 11.6 Å². The average Bonchev–Trinajstić information content (AvgIpc) is 0.712. The summed E-state index contributed by atoms with van der Waals surface area (Å²) in [6.45, 7) is 0. The van der Waals surface area contributed by atoms with Crippen LogP contribution in [0.15, 0.2) is 351 Å². The smallest absolute Gasteiger partial charge is 0.148 e. The summed E-state index contributed by atoms with van der Waals surface area (Å²) in [4.78, 5) is 1.61. The summed E-state index contributed by atoms with van der Waals surface area (Å²) in [5.41, 5.74) is 3.62. The van der Waals surface area contributed by atoms with Crippen LogP contribution in [0.4, 0.5) is 25.8 Å². The van der Waals surface area contributed by atoms with E-state index >= 15 is 8.78 Å². The standard InChI is InChI=1S/C89H59F2N/c90-82-57-73(63-33-17-5-18-34-63)55-80(65-37-21-7-22-38-65)88(82)87(75-51-69(59-25-9-1-10-26-59)49-70(52-75)60-27-11-2-12-28-60)78-46-41-67-43-47-79-84(48-44-68-42-45-77(78)85(67)86(68)79)92(76-53-71(61-29-13-3-14-30-61)50-72(54-76)62-31-15-4-16-32-62)89-81(66-39-23-8-24-40-66)56-74(58-83(89)91)64-35-19-6-20-36-64/h1-58,87H/i1D,2D,3D,4D,9D,10D,11D,12D,13D,14D,15D,16D,25D,26D,27D,28D,29D,30D,31D,32D. The minimum atomic E-state index is -1.33. The Bertz CT molecular complexity index is 5920. The number of halogens is 2. The van der Waals surface area contributed by atoms with E-state index in [1.54, 1.807) is 41.3 Å². The summed E-state index contributed by atoms with van der Waals surface area (Å²) in [6, 6.07) is 53.4. The molecular formula is C89H59F2N. The molecule has 1 nitrogen and oxygen atoms in total. The van der Waals surface area contributed by atoms with Crippen LogP contribution >= 0.6 is 0 Å². The fourth-order valence-corrected chi connectivity index (χ4v) is 12.9. The van der Waals surface area contributed by atoms with Crippen molar-refractivity contribution in [2.75, 3.05) is 4.90 Å². The van der Waals surface area contributed by atoms with Crippen molar-refractivity contribution in [3.8, 4) is 89.0 Å². The number of hydrogen-bond acceptors (Lipinski definition) is 1. The lowest BCUT2D eigenvalue weighted by Crippen LogP contribution is -2.14. The molecule has 16 rings (SSSR count). The Labute approximate surface area is 563 Å². The number of benzene rings is 16. The van der Waals surface area contributed by atoms with Crippen LogP contribution in [-0.2, 0) is 0 Å². The second-order valence-corrected chi connectivity index (χ2v) is 22.3. The van der Waals surface area contributed by atoms with Crippen molar-refractivity contribution < 1.29 is 36.2 Å². The maximum Gasteiger partial charge on any atom is 0.148 e. The molecule has 0 bridgehead atoms. The van der Waals surface area contributed by atoms with Gasteiger partial charge in [0.05, 0.1) is 38.8 Å². The molecule has 0 saturated carbocycles. The normalized spacial score (nSPS) is 14.8. The Hall–Kier alpha value is -11.8. The summed E-state index contributed by atoms with van der Waals surface area (Å²) in [5, 5.41) is 3.36. The quantitative estimate of drug-likeness (QED) is 0.0775. The van der Waals surface area contributed by atoms with Crippen LogP contribution in [0.5, 0.6) is 0 Å². The molecule has 3 heteroatoms. The topological polar surface area (TPSA) is 3.24 Å². The van der Waals surface area contributed by atoms with Gasteiger partial charge in [-0.05, 0) is 176 Å². The Balaban J connectivity index is 1.05. The molecule has 0 saturated heterocycles. The van der Waals surface area contributed by atoms with Crippen LogP contribution in [0.25, 0.3) is 121 Å². The lowest BCUT2D eigenvalue weighted by molar-refractivity contribution is 0.608. The van der Waals surface area contributed by atoms with E-state index in [0.29, 0.717) is 82.4 Å². The lowest BCUT2D eigenvalue weighted by Gasteiger charge is -2.31. The minimum Gasteiger partial charge on any atom is -0.306 e. The summed E-state index contributed by atoms with van der Waals surface area (Å²) in [6.07, 6.45) is 0. The van der Waals surface area contributed by atoms with Gasteiger partial charge in [0.25, 0.3) is 0 Å². The molecule has 0 radical (unpaired) electrons. The Morgan fingerprint density at radius 1 is 0.293 bits per heavy atom. The third-order valence-corrected chi connectivity index (χ3v) is 16.9. The fourth-order valence-electron chi connectivity index (χ4n) is 12.9. The lowest BCUT2D eigenvalue weighted by atomic mass is 9.76. The molecule has 434 valence electrons. The highest BCUT2D eigenvalue weighted by atomic mass is 19.1. The Kier molecular flexibility index (Phi) is 9.88. The first-order valence-electron chi connectivity index (χ1n) is 39.7. The molecule has 16 aromatic rings. The van der Waals surface area contributed by atoms with Crippen LogP contribution in [-0.4, -0.2) is 0 Å². The van der Waals surface area contributed by atoms with Gasteiger partial charge in [-0.1, -0.05) is 297 Å². The number of rotatable bonds is 14. The zero-order valence-electron chi connectivity index (χ0n) is 68.7. The van der Waals surface area contributed by atoms with E-state index in [0.717, 1.165) is 0 Å². The van der Waals surface area contributed by atoms with E-state index in [9.17, 15) is 11.0 Å². The van der Waals surface area contributed by atoms with E-state index in [1.807, 2.05) is 158 Å². The van der Waals surface area contributed by atoms with Crippen molar-refractivity contribution in [1.29, 1.82) is 0 Å². The molecule has 0 spiro atoms. The third kappa shape index (κ3) is 10.4. The fraction of sp³-hybridized carbons (Fsp3) is 0.0112. The van der Waals surface area contributed by atoms with E-state index in [4.69, 9.17) is 16.4 Å². The van der Waals surface area contributed by atoms with Crippen molar-refractivity contribution in [3.63, 3.8) is 0 Å². The monoisotopic (exact) mass is 1200 g/mol. The maximum atomic E-state index is 19.2. The molecule has 1 atom stereocenters. The maximum absolute atomic E-state index is 19.2. The molecular weight excluding hydrogens is 1120 g/mol. The van der Waals surface area contributed by atoms with Gasteiger partial charge < -0.3 is 4.90 Å². The highest BCUT2D eigenvalue weighted by molar-refractivity contribution is 6.26.